The number of hydrogen-bond donors (Lipinski definition) is 2. The lowest BCUT2D eigenvalue weighted by Gasteiger charge is -2.36. The van der Waals surface area contributed by atoms with E-state index in [0.29, 0.717) is 5.82 Å². The van der Waals surface area contributed by atoms with Crippen LogP contribution >= 0.6 is 0 Å². The first-order chi connectivity index (χ1) is 8.33. The molecule has 18 heavy (non-hydrogen) atoms. The van der Waals surface area contributed by atoms with E-state index >= 15 is 0 Å². The lowest BCUT2D eigenvalue weighted by molar-refractivity contribution is 0.215. The summed E-state index contributed by atoms with van der Waals surface area (Å²) in [5.74, 6) is 2.07. The molecule has 1 aromatic heterocycles. The molecule has 0 radical (unpaired) electrons. The monoisotopic (exact) mass is 252 g/mol. The highest BCUT2D eigenvalue weighted by Gasteiger charge is 2.26. The number of aliphatic hydroxyl groups excluding tert-OH is 1. The van der Waals surface area contributed by atoms with Gasteiger partial charge in [0.15, 0.2) is 0 Å². The number of rotatable bonds is 5. The highest BCUT2D eigenvalue weighted by molar-refractivity contribution is 5.57. The standard InChI is InChI=1S/C13H24N4O/c1-6-7-10-15-11(14)9(2)12(16-10)17(5)13(3,4)8-18/h18H,6-8H2,1-5H3,(H2,14,15,16). The van der Waals surface area contributed by atoms with Crippen molar-refractivity contribution in [1.82, 2.24) is 9.97 Å². The van der Waals surface area contributed by atoms with E-state index < -0.39 is 0 Å². The zero-order valence-corrected chi connectivity index (χ0v) is 12.0. The van der Waals surface area contributed by atoms with Gasteiger partial charge >= 0.3 is 0 Å². The van der Waals surface area contributed by atoms with Crippen LogP contribution in [0, 0.1) is 6.92 Å². The Morgan fingerprint density at radius 1 is 1.33 bits per heavy atom. The van der Waals surface area contributed by atoms with Crippen LogP contribution in [0.25, 0.3) is 0 Å². The normalized spacial score (nSPS) is 11.7. The molecule has 0 unspecified atom stereocenters. The molecule has 5 nitrogen and oxygen atoms in total. The fourth-order valence-corrected chi connectivity index (χ4v) is 1.62. The molecule has 3 N–H and O–H groups in total. The van der Waals surface area contributed by atoms with E-state index in [2.05, 4.69) is 16.9 Å². The molecule has 0 amide bonds. The number of nitrogens with zero attached hydrogens (tertiary/aromatic N) is 3. The third-order valence-electron chi connectivity index (χ3n) is 3.29. The van der Waals surface area contributed by atoms with E-state index in [9.17, 15) is 5.11 Å². The van der Waals surface area contributed by atoms with Crippen LogP contribution in [-0.2, 0) is 6.42 Å². The predicted octanol–water partition coefficient (Wildman–Crippen LogP) is 1.53. The minimum Gasteiger partial charge on any atom is -0.394 e. The highest BCUT2D eigenvalue weighted by atomic mass is 16.3. The molecule has 0 bridgehead atoms. The smallest absolute Gasteiger partial charge is 0.137 e. The summed E-state index contributed by atoms with van der Waals surface area (Å²) in [5, 5.41) is 9.44. The third kappa shape index (κ3) is 2.90. The molecule has 0 aromatic carbocycles. The number of nitrogen functional groups attached to an aromatic ring is 1. The Hall–Kier alpha value is -1.36. The van der Waals surface area contributed by atoms with Crippen molar-refractivity contribution in [2.24, 2.45) is 0 Å². The molecule has 0 atom stereocenters. The number of anilines is 2. The minimum absolute atomic E-state index is 0.0515. The Kier molecular flexibility index (Phi) is 4.51. The van der Waals surface area contributed by atoms with Crippen molar-refractivity contribution in [3.63, 3.8) is 0 Å². The molecule has 0 aliphatic carbocycles. The Morgan fingerprint density at radius 2 is 1.94 bits per heavy atom. The first-order valence-corrected chi connectivity index (χ1v) is 6.31. The molecular weight excluding hydrogens is 228 g/mol. The summed E-state index contributed by atoms with van der Waals surface area (Å²) in [6.07, 6.45) is 1.79. The SMILES string of the molecule is CCCc1nc(N)c(C)c(N(C)C(C)(C)CO)n1. The zero-order valence-electron chi connectivity index (χ0n) is 12.0. The first kappa shape index (κ1) is 14.7. The van der Waals surface area contributed by atoms with Crippen molar-refractivity contribution < 1.29 is 5.11 Å². The van der Waals surface area contributed by atoms with Crippen LogP contribution in [0.15, 0.2) is 0 Å². The second kappa shape index (κ2) is 5.52. The summed E-state index contributed by atoms with van der Waals surface area (Å²) in [6, 6.07) is 0. The van der Waals surface area contributed by atoms with Crippen LogP contribution in [0.4, 0.5) is 11.6 Å². The van der Waals surface area contributed by atoms with Crippen molar-refractivity contribution in [3.8, 4) is 0 Å². The van der Waals surface area contributed by atoms with E-state index in [0.717, 1.165) is 30.0 Å². The topological polar surface area (TPSA) is 75.3 Å². The van der Waals surface area contributed by atoms with Gasteiger partial charge in [-0.05, 0) is 27.2 Å². The van der Waals surface area contributed by atoms with Gasteiger partial charge in [0, 0.05) is 19.0 Å². The first-order valence-electron chi connectivity index (χ1n) is 6.31. The maximum Gasteiger partial charge on any atom is 0.137 e. The van der Waals surface area contributed by atoms with E-state index in [1.165, 1.54) is 0 Å². The Morgan fingerprint density at radius 3 is 2.44 bits per heavy atom. The molecular formula is C13H24N4O. The fourth-order valence-electron chi connectivity index (χ4n) is 1.62. The van der Waals surface area contributed by atoms with Crippen molar-refractivity contribution in [2.75, 3.05) is 24.3 Å². The number of hydrogen-bond acceptors (Lipinski definition) is 5. The number of likely N-dealkylation sites (N-methyl/N-ethyl adjacent to an activating group) is 1. The molecule has 102 valence electrons. The van der Waals surface area contributed by atoms with Crippen molar-refractivity contribution in [2.45, 2.75) is 46.1 Å². The van der Waals surface area contributed by atoms with Gasteiger partial charge in [0.1, 0.15) is 17.5 Å². The Bertz CT molecular complexity index is 418. The van der Waals surface area contributed by atoms with Gasteiger partial charge < -0.3 is 15.7 Å². The largest absolute Gasteiger partial charge is 0.394 e. The summed E-state index contributed by atoms with van der Waals surface area (Å²) in [6.45, 7) is 7.97. The van der Waals surface area contributed by atoms with E-state index in [1.807, 2.05) is 32.7 Å². The van der Waals surface area contributed by atoms with Crippen LogP contribution < -0.4 is 10.6 Å². The lowest BCUT2D eigenvalue weighted by Crippen LogP contribution is -2.45. The molecule has 0 fully saturated rings. The van der Waals surface area contributed by atoms with Gasteiger partial charge in [0.25, 0.3) is 0 Å². The molecule has 1 rings (SSSR count). The highest BCUT2D eigenvalue weighted by Crippen LogP contribution is 2.26. The Balaban J connectivity index is 3.22. The minimum atomic E-state index is -0.380. The number of nitrogens with two attached hydrogens (primary N) is 1. The maximum atomic E-state index is 9.44. The molecule has 0 aliphatic rings. The van der Waals surface area contributed by atoms with Gasteiger partial charge in [-0.3, -0.25) is 0 Å². The third-order valence-corrected chi connectivity index (χ3v) is 3.29. The van der Waals surface area contributed by atoms with E-state index in [1.54, 1.807) is 0 Å². The van der Waals surface area contributed by atoms with Crippen LogP contribution in [0.3, 0.4) is 0 Å². The summed E-state index contributed by atoms with van der Waals surface area (Å²) >= 11 is 0. The van der Waals surface area contributed by atoms with E-state index in [4.69, 9.17) is 5.73 Å². The number of aromatic nitrogens is 2. The molecule has 0 saturated carbocycles. The quantitative estimate of drug-likeness (QED) is 0.831. The molecule has 5 heteroatoms. The van der Waals surface area contributed by atoms with Gasteiger partial charge in [0.05, 0.1) is 12.1 Å². The van der Waals surface area contributed by atoms with E-state index in [-0.39, 0.29) is 12.1 Å². The van der Waals surface area contributed by atoms with Gasteiger partial charge in [-0.25, -0.2) is 9.97 Å². The maximum absolute atomic E-state index is 9.44. The summed E-state index contributed by atoms with van der Waals surface area (Å²) in [7, 11) is 1.92. The van der Waals surface area contributed by atoms with Crippen LogP contribution in [0.2, 0.25) is 0 Å². The van der Waals surface area contributed by atoms with Gasteiger partial charge in [0.2, 0.25) is 0 Å². The second-order valence-corrected chi connectivity index (χ2v) is 5.25. The van der Waals surface area contributed by atoms with Crippen LogP contribution in [-0.4, -0.2) is 34.3 Å². The zero-order chi connectivity index (χ0) is 13.9. The summed E-state index contributed by atoms with van der Waals surface area (Å²) < 4.78 is 0. The molecule has 0 spiro atoms. The van der Waals surface area contributed by atoms with Crippen molar-refractivity contribution in [3.05, 3.63) is 11.4 Å². The Labute approximate surface area is 109 Å². The lowest BCUT2D eigenvalue weighted by atomic mass is 10.0. The number of aryl methyl sites for hydroxylation is 1. The molecule has 1 aromatic rings. The average molecular weight is 252 g/mol. The summed E-state index contributed by atoms with van der Waals surface area (Å²) in [4.78, 5) is 10.8. The van der Waals surface area contributed by atoms with Crippen LogP contribution in [0.5, 0.6) is 0 Å². The van der Waals surface area contributed by atoms with Gasteiger partial charge in [-0.15, -0.1) is 0 Å². The molecule has 0 saturated heterocycles. The summed E-state index contributed by atoms with van der Waals surface area (Å²) in [5.41, 5.74) is 6.41. The average Bonchev–Trinajstić information content (AvgIpc) is 2.33. The second-order valence-electron chi connectivity index (χ2n) is 5.25. The van der Waals surface area contributed by atoms with Crippen molar-refractivity contribution >= 4 is 11.6 Å². The van der Waals surface area contributed by atoms with Crippen molar-refractivity contribution in [1.29, 1.82) is 0 Å². The molecule has 1 heterocycles. The molecule has 0 aliphatic heterocycles. The van der Waals surface area contributed by atoms with Gasteiger partial charge in [-0.2, -0.15) is 0 Å². The van der Waals surface area contributed by atoms with Gasteiger partial charge in [-0.1, -0.05) is 6.92 Å². The predicted molar refractivity (Wildman–Crippen MR) is 74.7 cm³/mol. The van der Waals surface area contributed by atoms with Crippen LogP contribution in [0.1, 0.15) is 38.6 Å². The fraction of sp³-hybridized carbons (Fsp3) is 0.692. The number of aliphatic hydroxyl groups is 1.